The van der Waals surface area contributed by atoms with E-state index in [1.807, 2.05) is 0 Å². The molecule has 0 aliphatic heterocycles. The Labute approximate surface area is 87.2 Å². The predicted octanol–water partition coefficient (Wildman–Crippen LogP) is 2.51. The van der Waals surface area contributed by atoms with Gasteiger partial charge in [-0.2, -0.15) is 0 Å². The third kappa shape index (κ3) is 2.81. The molecular formula is C12H23NO. The van der Waals surface area contributed by atoms with E-state index in [4.69, 9.17) is 5.73 Å². The van der Waals surface area contributed by atoms with E-state index in [2.05, 4.69) is 13.8 Å². The van der Waals surface area contributed by atoms with Crippen LogP contribution in [0, 0.1) is 11.3 Å². The second-order valence-corrected chi connectivity index (χ2v) is 4.99. The molecule has 2 heteroatoms. The van der Waals surface area contributed by atoms with Crippen molar-refractivity contribution in [3.05, 3.63) is 0 Å². The van der Waals surface area contributed by atoms with Gasteiger partial charge in [-0.25, -0.2) is 0 Å². The molecule has 0 radical (unpaired) electrons. The van der Waals surface area contributed by atoms with Gasteiger partial charge in [-0.05, 0) is 30.7 Å². The van der Waals surface area contributed by atoms with Gasteiger partial charge < -0.3 is 5.73 Å². The minimum absolute atomic E-state index is 0.199. The molecule has 0 amide bonds. The topological polar surface area (TPSA) is 43.1 Å². The summed E-state index contributed by atoms with van der Waals surface area (Å²) in [7, 11) is 0. The first kappa shape index (κ1) is 11.7. The predicted molar refractivity (Wildman–Crippen MR) is 59.0 cm³/mol. The Balaban J connectivity index is 2.32. The highest BCUT2D eigenvalue weighted by atomic mass is 16.1. The third-order valence-electron chi connectivity index (χ3n) is 3.69. The van der Waals surface area contributed by atoms with Crippen molar-refractivity contribution in [2.24, 2.45) is 17.1 Å². The van der Waals surface area contributed by atoms with Crippen molar-refractivity contribution < 1.29 is 4.79 Å². The second-order valence-electron chi connectivity index (χ2n) is 4.99. The number of carbonyl (C=O) groups is 1. The van der Waals surface area contributed by atoms with Crippen LogP contribution in [0.3, 0.4) is 0 Å². The monoisotopic (exact) mass is 197 g/mol. The van der Waals surface area contributed by atoms with Gasteiger partial charge in [-0.1, -0.05) is 26.7 Å². The zero-order chi connectivity index (χ0) is 10.6. The quantitative estimate of drug-likeness (QED) is 0.711. The molecule has 1 saturated carbocycles. The molecule has 1 unspecified atom stereocenters. The molecule has 0 spiro atoms. The van der Waals surface area contributed by atoms with Crippen LogP contribution >= 0.6 is 0 Å². The lowest BCUT2D eigenvalue weighted by molar-refractivity contribution is -0.123. The summed E-state index contributed by atoms with van der Waals surface area (Å²) in [6.07, 6.45) is 6.16. The zero-order valence-corrected chi connectivity index (χ0v) is 9.51. The van der Waals surface area contributed by atoms with Gasteiger partial charge in [0.25, 0.3) is 0 Å². The molecule has 0 aromatic carbocycles. The fourth-order valence-corrected chi connectivity index (χ4v) is 2.15. The first-order chi connectivity index (χ1) is 6.62. The molecule has 14 heavy (non-hydrogen) atoms. The molecular weight excluding hydrogens is 174 g/mol. The summed E-state index contributed by atoms with van der Waals surface area (Å²) < 4.78 is 0. The average molecular weight is 197 g/mol. The Morgan fingerprint density at radius 1 is 1.50 bits per heavy atom. The van der Waals surface area contributed by atoms with Crippen molar-refractivity contribution >= 4 is 5.78 Å². The van der Waals surface area contributed by atoms with Gasteiger partial charge in [-0.15, -0.1) is 0 Å². The normalized spacial score (nSPS) is 21.4. The highest BCUT2D eigenvalue weighted by Gasteiger charge is 2.37. The number of hydrogen-bond donors (Lipinski definition) is 1. The van der Waals surface area contributed by atoms with Gasteiger partial charge in [0.15, 0.2) is 0 Å². The van der Waals surface area contributed by atoms with E-state index in [1.165, 1.54) is 6.42 Å². The molecule has 0 heterocycles. The van der Waals surface area contributed by atoms with Crippen LogP contribution < -0.4 is 5.73 Å². The molecule has 1 rings (SSSR count). The van der Waals surface area contributed by atoms with Crippen molar-refractivity contribution in [2.45, 2.75) is 52.4 Å². The Bertz CT molecular complexity index is 191. The van der Waals surface area contributed by atoms with Crippen molar-refractivity contribution in [3.8, 4) is 0 Å². The summed E-state index contributed by atoms with van der Waals surface area (Å²) in [4.78, 5) is 11.7. The summed E-state index contributed by atoms with van der Waals surface area (Å²) >= 11 is 0. The minimum atomic E-state index is 0.199. The van der Waals surface area contributed by atoms with Crippen molar-refractivity contribution in [1.29, 1.82) is 0 Å². The SMILES string of the molecule is CCC(C)CC(=O)CC1(CN)CCC1. The van der Waals surface area contributed by atoms with E-state index in [-0.39, 0.29) is 5.41 Å². The third-order valence-corrected chi connectivity index (χ3v) is 3.69. The van der Waals surface area contributed by atoms with Crippen molar-refractivity contribution in [3.63, 3.8) is 0 Å². The molecule has 0 bridgehead atoms. The first-order valence-electron chi connectivity index (χ1n) is 5.83. The number of hydrogen-bond acceptors (Lipinski definition) is 2. The van der Waals surface area contributed by atoms with E-state index >= 15 is 0 Å². The maximum atomic E-state index is 11.7. The summed E-state index contributed by atoms with van der Waals surface area (Å²) in [5, 5.41) is 0. The largest absolute Gasteiger partial charge is 0.330 e. The molecule has 2 N–H and O–H groups in total. The summed E-state index contributed by atoms with van der Waals surface area (Å²) in [6, 6.07) is 0. The van der Waals surface area contributed by atoms with Crippen molar-refractivity contribution in [2.75, 3.05) is 6.54 Å². The van der Waals surface area contributed by atoms with Crippen LogP contribution in [-0.2, 0) is 4.79 Å². The Morgan fingerprint density at radius 3 is 2.50 bits per heavy atom. The maximum absolute atomic E-state index is 11.7. The molecule has 82 valence electrons. The number of rotatable bonds is 6. The fraction of sp³-hybridized carbons (Fsp3) is 0.917. The van der Waals surface area contributed by atoms with Crippen molar-refractivity contribution in [1.82, 2.24) is 0 Å². The molecule has 0 aromatic heterocycles. The fourth-order valence-electron chi connectivity index (χ4n) is 2.15. The van der Waals surface area contributed by atoms with E-state index in [0.29, 0.717) is 18.2 Å². The molecule has 1 aliphatic rings. The van der Waals surface area contributed by atoms with E-state index in [9.17, 15) is 4.79 Å². The highest BCUT2D eigenvalue weighted by molar-refractivity contribution is 5.79. The molecule has 0 aromatic rings. The van der Waals surface area contributed by atoms with E-state index in [1.54, 1.807) is 0 Å². The van der Waals surface area contributed by atoms with Crippen LogP contribution in [0.1, 0.15) is 52.4 Å². The van der Waals surface area contributed by atoms with Crippen LogP contribution in [-0.4, -0.2) is 12.3 Å². The van der Waals surface area contributed by atoms with Crippen LogP contribution in [0.2, 0.25) is 0 Å². The number of nitrogens with two attached hydrogens (primary N) is 1. The Kier molecular flexibility index (Phi) is 4.11. The van der Waals surface area contributed by atoms with Gasteiger partial charge in [0, 0.05) is 12.8 Å². The van der Waals surface area contributed by atoms with Crippen LogP contribution in [0.25, 0.3) is 0 Å². The van der Waals surface area contributed by atoms with Gasteiger partial charge in [0.2, 0.25) is 0 Å². The van der Waals surface area contributed by atoms with Crippen LogP contribution in [0.5, 0.6) is 0 Å². The van der Waals surface area contributed by atoms with E-state index < -0.39 is 0 Å². The van der Waals surface area contributed by atoms with Gasteiger partial charge in [0.05, 0.1) is 0 Å². The zero-order valence-electron chi connectivity index (χ0n) is 9.51. The molecule has 1 atom stereocenters. The molecule has 0 saturated heterocycles. The smallest absolute Gasteiger partial charge is 0.133 e. The molecule has 2 nitrogen and oxygen atoms in total. The Hall–Kier alpha value is -0.370. The standard InChI is InChI=1S/C12H23NO/c1-3-10(2)7-11(14)8-12(9-13)5-4-6-12/h10H,3-9,13H2,1-2H3. The maximum Gasteiger partial charge on any atom is 0.133 e. The first-order valence-corrected chi connectivity index (χ1v) is 5.83. The van der Waals surface area contributed by atoms with Gasteiger partial charge in [0.1, 0.15) is 5.78 Å². The summed E-state index contributed by atoms with van der Waals surface area (Å²) in [6.45, 7) is 4.98. The second kappa shape index (κ2) is 4.92. The lowest BCUT2D eigenvalue weighted by atomic mass is 9.65. The summed E-state index contributed by atoms with van der Waals surface area (Å²) in [5.41, 5.74) is 5.93. The number of ketones is 1. The van der Waals surface area contributed by atoms with Gasteiger partial charge >= 0.3 is 0 Å². The lowest BCUT2D eigenvalue weighted by Crippen LogP contribution is -2.39. The van der Waals surface area contributed by atoms with Crippen LogP contribution in [0.15, 0.2) is 0 Å². The van der Waals surface area contributed by atoms with Crippen LogP contribution in [0.4, 0.5) is 0 Å². The average Bonchev–Trinajstić information content (AvgIpc) is 2.11. The number of Topliss-reactive ketones (excluding diaryl/α,β-unsaturated/α-hetero) is 1. The Morgan fingerprint density at radius 2 is 2.14 bits per heavy atom. The minimum Gasteiger partial charge on any atom is -0.330 e. The molecule has 1 aliphatic carbocycles. The van der Waals surface area contributed by atoms with E-state index in [0.717, 1.165) is 32.1 Å². The number of carbonyl (C=O) groups excluding carboxylic acids is 1. The highest BCUT2D eigenvalue weighted by Crippen LogP contribution is 2.43. The summed E-state index contributed by atoms with van der Waals surface area (Å²) in [5.74, 6) is 0.960. The molecule has 1 fully saturated rings. The lowest BCUT2D eigenvalue weighted by Gasteiger charge is -2.40. The van der Waals surface area contributed by atoms with Gasteiger partial charge in [-0.3, -0.25) is 4.79 Å².